The van der Waals surface area contributed by atoms with E-state index in [9.17, 15) is 4.79 Å². The van der Waals surface area contributed by atoms with Gasteiger partial charge in [0.1, 0.15) is 11.5 Å². The molecule has 2 N–H and O–H groups in total. The molecule has 6 nitrogen and oxygen atoms in total. The van der Waals surface area contributed by atoms with E-state index in [0.29, 0.717) is 13.1 Å². The smallest absolute Gasteiger partial charge is 0.315 e. The molecule has 0 saturated carbocycles. The van der Waals surface area contributed by atoms with Crippen molar-refractivity contribution < 1.29 is 13.9 Å². The van der Waals surface area contributed by atoms with Gasteiger partial charge in [-0.3, -0.25) is 4.90 Å². The monoisotopic (exact) mass is 393 g/mol. The van der Waals surface area contributed by atoms with E-state index in [-0.39, 0.29) is 12.1 Å². The summed E-state index contributed by atoms with van der Waals surface area (Å²) in [5.74, 6) is 1.74. The number of amides is 2. The second-order valence-corrected chi connectivity index (χ2v) is 7.39. The predicted molar refractivity (Wildman–Crippen MR) is 113 cm³/mol. The number of nitrogens with one attached hydrogen (secondary N) is 2. The first-order chi connectivity index (χ1) is 14.2. The van der Waals surface area contributed by atoms with Gasteiger partial charge in [-0.2, -0.15) is 0 Å². The summed E-state index contributed by atoms with van der Waals surface area (Å²) in [7, 11) is 1.66. The number of carbonyl (C=O) groups is 1. The molecule has 1 aliphatic rings. The summed E-state index contributed by atoms with van der Waals surface area (Å²) in [5.41, 5.74) is 1.06. The molecule has 2 amide bonds. The largest absolute Gasteiger partial charge is 0.497 e. The quantitative estimate of drug-likeness (QED) is 0.635. The highest BCUT2D eigenvalue weighted by Crippen LogP contribution is 2.25. The van der Waals surface area contributed by atoms with Crippen LogP contribution in [0.1, 0.15) is 30.2 Å². The van der Waals surface area contributed by atoms with Crippen molar-refractivity contribution in [1.82, 2.24) is 15.5 Å². The molecule has 1 aromatic heterocycles. The van der Waals surface area contributed by atoms with E-state index in [0.717, 1.165) is 40.9 Å². The summed E-state index contributed by atoms with van der Waals surface area (Å²) in [5, 5.41) is 8.19. The van der Waals surface area contributed by atoms with Gasteiger partial charge in [0.25, 0.3) is 0 Å². The number of likely N-dealkylation sites (tertiary alicyclic amines) is 1. The molecular formula is C23H27N3O3. The summed E-state index contributed by atoms with van der Waals surface area (Å²) >= 11 is 0. The van der Waals surface area contributed by atoms with E-state index in [1.807, 2.05) is 42.5 Å². The normalized spacial score (nSPS) is 15.3. The van der Waals surface area contributed by atoms with E-state index in [4.69, 9.17) is 9.15 Å². The van der Waals surface area contributed by atoms with Crippen molar-refractivity contribution in [3.63, 3.8) is 0 Å². The standard InChI is InChI=1S/C23H27N3O3/c1-28-20-9-8-18-13-17(6-7-19(18)14-20)15-24-23(27)25-16-21(22-5-4-12-29-22)26-10-2-3-11-26/h4-9,12-14,21H,2-3,10-11,15-16H2,1H3,(H2,24,25,27)/t21-/m0/s1. The number of urea groups is 1. The van der Waals surface area contributed by atoms with Crippen molar-refractivity contribution in [2.24, 2.45) is 0 Å². The van der Waals surface area contributed by atoms with Crippen LogP contribution >= 0.6 is 0 Å². The van der Waals surface area contributed by atoms with Crippen LogP contribution in [0.3, 0.4) is 0 Å². The fraction of sp³-hybridized carbons (Fsp3) is 0.348. The molecule has 2 heterocycles. The molecule has 6 heteroatoms. The number of furan rings is 1. The van der Waals surface area contributed by atoms with Crippen molar-refractivity contribution in [1.29, 1.82) is 0 Å². The Morgan fingerprint density at radius 3 is 2.66 bits per heavy atom. The van der Waals surface area contributed by atoms with Gasteiger partial charge in [-0.15, -0.1) is 0 Å². The van der Waals surface area contributed by atoms with Crippen LogP contribution in [0.2, 0.25) is 0 Å². The zero-order valence-corrected chi connectivity index (χ0v) is 16.7. The molecule has 0 aliphatic carbocycles. The van der Waals surface area contributed by atoms with E-state index in [2.05, 4.69) is 21.6 Å². The first kappa shape index (κ1) is 19.3. The first-order valence-corrected chi connectivity index (χ1v) is 10.1. The van der Waals surface area contributed by atoms with E-state index < -0.39 is 0 Å². The molecule has 1 saturated heterocycles. The number of hydrogen-bond donors (Lipinski definition) is 2. The van der Waals surface area contributed by atoms with Crippen molar-refractivity contribution in [2.75, 3.05) is 26.7 Å². The molecule has 4 rings (SSSR count). The lowest BCUT2D eigenvalue weighted by Gasteiger charge is -2.26. The highest BCUT2D eigenvalue weighted by atomic mass is 16.5. The highest BCUT2D eigenvalue weighted by molar-refractivity contribution is 5.84. The number of benzene rings is 2. The lowest BCUT2D eigenvalue weighted by molar-refractivity contribution is 0.203. The average molecular weight is 393 g/mol. The number of hydrogen-bond acceptors (Lipinski definition) is 4. The third-order valence-corrected chi connectivity index (χ3v) is 5.47. The Balaban J connectivity index is 1.32. The summed E-state index contributed by atoms with van der Waals surface area (Å²) < 4.78 is 10.9. The second-order valence-electron chi connectivity index (χ2n) is 7.39. The van der Waals surface area contributed by atoms with Gasteiger partial charge in [0.2, 0.25) is 0 Å². The van der Waals surface area contributed by atoms with Crippen LogP contribution in [0.15, 0.2) is 59.2 Å². The summed E-state index contributed by atoms with van der Waals surface area (Å²) in [4.78, 5) is 14.7. The zero-order chi connectivity index (χ0) is 20.1. The molecule has 3 aromatic rings. The molecule has 1 atom stereocenters. The van der Waals surface area contributed by atoms with Crippen molar-refractivity contribution in [3.05, 3.63) is 66.1 Å². The first-order valence-electron chi connectivity index (χ1n) is 10.1. The van der Waals surface area contributed by atoms with Gasteiger partial charge >= 0.3 is 6.03 Å². The molecule has 0 unspecified atom stereocenters. The number of methoxy groups -OCH3 is 1. The minimum atomic E-state index is -0.171. The Morgan fingerprint density at radius 2 is 1.90 bits per heavy atom. The molecule has 152 valence electrons. The number of nitrogens with zero attached hydrogens (tertiary/aromatic N) is 1. The van der Waals surface area contributed by atoms with E-state index in [1.54, 1.807) is 13.4 Å². The molecule has 0 bridgehead atoms. The van der Waals surface area contributed by atoms with Gasteiger partial charge in [0.05, 0.1) is 19.4 Å². The number of fused-ring (bicyclic) bond motifs is 1. The number of rotatable bonds is 7. The maximum atomic E-state index is 12.4. The van der Waals surface area contributed by atoms with E-state index >= 15 is 0 Å². The average Bonchev–Trinajstić information content (AvgIpc) is 3.47. The Kier molecular flexibility index (Phi) is 6.00. The highest BCUT2D eigenvalue weighted by Gasteiger charge is 2.25. The summed E-state index contributed by atoms with van der Waals surface area (Å²) in [6.45, 7) is 3.08. The maximum absolute atomic E-state index is 12.4. The molecule has 0 spiro atoms. The molecule has 0 radical (unpaired) electrons. The number of carbonyl (C=O) groups excluding carboxylic acids is 1. The molecule has 1 fully saturated rings. The maximum Gasteiger partial charge on any atom is 0.315 e. The van der Waals surface area contributed by atoms with Crippen LogP contribution in [0.4, 0.5) is 4.79 Å². The van der Waals surface area contributed by atoms with Gasteiger partial charge in [-0.1, -0.05) is 18.2 Å². The second kappa shape index (κ2) is 9.01. The summed E-state index contributed by atoms with van der Waals surface area (Å²) in [6, 6.07) is 15.9. The topological polar surface area (TPSA) is 66.7 Å². The third-order valence-electron chi connectivity index (χ3n) is 5.47. The van der Waals surface area contributed by atoms with Gasteiger partial charge < -0.3 is 19.8 Å². The van der Waals surface area contributed by atoms with Crippen molar-refractivity contribution in [2.45, 2.75) is 25.4 Å². The lowest BCUT2D eigenvalue weighted by atomic mass is 10.1. The molecule has 29 heavy (non-hydrogen) atoms. The third kappa shape index (κ3) is 4.71. The Morgan fingerprint density at radius 1 is 1.10 bits per heavy atom. The van der Waals surface area contributed by atoms with Gasteiger partial charge in [0, 0.05) is 13.1 Å². The molecule has 1 aliphatic heterocycles. The zero-order valence-electron chi connectivity index (χ0n) is 16.7. The minimum Gasteiger partial charge on any atom is -0.497 e. The Labute approximate surface area is 170 Å². The van der Waals surface area contributed by atoms with Gasteiger partial charge in [0.15, 0.2) is 0 Å². The Hall–Kier alpha value is -2.99. The SMILES string of the molecule is COc1ccc2cc(CNC(=O)NC[C@@H](c3ccco3)N3CCCC3)ccc2c1. The van der Waals surface area contributed by atoms with Crippen LogP contribution in [0.25, 0.3) is 10.8 Å². The van der Waals surface area contributed by atoms with Crippen LogP contribution < -0.4 is 15.4 Å². The Bertz CT molecular complexity index is 949. The molecule has 2 aromatic carbocycles. The van der Waals surface area contributed by atoms with Gasteiger partial charge in [-0.25, -0.2) is 4.79 Å². The number of ether oxygens (including phenoxy) is 1. The lowest BCUT2D eigenvalue weighted by Crippen LogP contribution is -2.41. The fourth-order valence-corrected chi connectivity index (χ4v) is 3.89. The summed E-state index contributed by atoms with van der Waals surface area (Å²) in [6.07, 6.45) is 4.07. The van der Waals surface area contributed by atoms with Crippen molar-refractivity contribution in [3.8, 4) is 5.75 Å². The fourth-order valence-electron chi connectivity index (χ4n) is 3.89. The minimum absolute atomic E-state index is 0.0777. The van der Waals surface area contributed by atoms with Crippen LogP contribution in [-0.4, -0.2) is 37.7 Å². The van der Waals surface area contributed by atoms with E-state index in [1.165, 1.54) is 12.8 Å². The van der Waals surface area contributed by atoms with Crippen LogP contribution in [0, 0.1) is 0 Å². The van der Waals surface area contributed by atoms with Crippen LogP contribution in [-0.2, 0) is 6.54 Å². The van der Waals surface area contributed by atoms with Crippen molar-refractivity contribution >= 4 is 16.8 Å². The van der Waals surface area contributed by atoms with Crippen LogP contribution in [0.5, 0.6) is 5.75 Å². The predicted octanol–water partition coefficient (Wildman–Crippen LogP) is 4.08. The van der Waals surface area contributed by atoms with Gasteiger partial charge in [-0.05, 0) is 72.6 Å². The molecular weight excluding hydrogens is 366 g/mol.